The van der Waals surface area contributed by atoms with Crippen LogP contribution in [0.15, 0.2) is 42.5 Å². The average molecular weight is 319 g/mol. The molecule has 0 aliphatic carbocycles. The summed E-state index contributed by atoms with van der Waals surface area (Å²) in [5.74, 6) is 1.34. The molecular weight excluding hydrogens is 303 g/mol. The summed E-state index contributed by atoms with van der Waals surface area (Å²) in [6.45, 7) is 5.25. The van der Waals surface area contributed by atoms with Crippen molar-refractivity contribution in [3.05, 3.63) is 52.5 Å². The first-order valence-electron chi connectivity index (χ1n) is 6.97. The van der Waals surface area contributed by atoms with Crippen molar-refractivity contribution in [2.75, 3.05) is 0 Å². The Hall–Kier alpha value is -1.51. The Morgan fingerprint density at radius 3 is 2.33 bits per heavy atom. The second-order valence-corrected chi connectivity index (χ2v) is 6.34. The first kappa shape index (κ1) is 14.4. The number of hydrogen-bond acceptors (Lipinski definition) is 1. The van der Waals surface area contributed by atoms with E-state index < -0.39 is 0 Å². The third-order valence-corrected chi connectivity index (χ3v) is 4.02. The lowest BCUT2D eigenvalue weighted by molar-refractivity contribution is 0.536. The Balaban J connectivity index is 2.31. The second-order valence-electron chi connectivity index (χ2n) is 5.53. The quantitative estimate of drug-likeness (QED) is 0.608. The fourth-order valence-electron chi connectivity index (χ4n) is 2.53. The summed E-state index contributed by atoms with van der Waals surface area (Å²) in [7, 11) is 0. The molecule has 0 spiro atoms. The van der Waals surface area contributed by atoms with Crippen molar-refractivity contribution in [2.24, 2.45) is 5.92 Å². The van der Waals surface area contributed by atoms with E-state index in [4.69, 9.17) is 28.2 Å². The number of aromatic nitrogens is 2. The van der Waals surface area contributed by atoms with E-state index in [0.717, 1.165) is 29.0 Å². The van der Waals surface area contributed by atoms with Crippen LogP contribution in [0.4, 0.5) is 0 Å². The molecule has 0 aliphatic heterocycles. The van der Waals surface area contributed by atoms with Crippen molar-refractivity contribution in [3.8, 4) is 11.4 Å². The molecule has 0 atom stereocenters. The fraction of sp³-hybridized carbons (Fsp3) is 0.235. The van der Waals surface area contributed by atoms with Crippen LogP contribution in [0.1, 0.15) is 13.8 Å². The van der Waals surface area contributed by atoms with Gasteiger partial charge in [-0.2, -0.15) is 0 Å². The van der Waals surface area contributed by atoms with Gasteiger partial charge in [0.15, 0.2) is 0 Å². The van der Waals surface area contributed by atoms with Gasteiger partial charge < -0.3 is 4.57 Å². The molecule has 1 heterocycles. The maximum Gasteiger partial charge on any atom is 0.144 e. The van der Waals surface area contributed by atoms with E-state index >= 15 is 0 Å². The molecule has 0 radical (unpaired) electrons. The van der Waals surface area contributed by atoms with Crippen LogP contribution in [0.25, 0.3) is 22.4 Å². The van der Waals surface area contributed by atoms with Crippen molar-refractivity contribution < 1.29 is 0 Å². The highest BCUT2D eigenvalue weighted by Gasteiger charge is 2.18. The lowest BCUT2D eigenvalue weighted by atomic mass is 10.2. The molecule has 3 rings (SSSR count). The maximum atomic E-state index is 6.36. The van der Waals surface area contributed by atoms with E-state index in [1.54, 1.807) is 0 Å². The molecule has 0 unspecified atom stereocenters. The number of imidazole rings is 1. The molecule has 21 heavy (non-hydrogen) atoms. The Kier molecular flexibility index (Phi) is 3.92. The highest BCUT2D eigenvalue weighted by molar-refractivity contribution is 6.39. The third-order valence-electron chi connectivity index (χ3n) is 3.39. The monoisotopic (exact) mass is 318 g/mol. The van der Waals surface area contributed by atoms with Gasteiger partial charge in [0.25, 0.3) is 0 Å². The van der Waals surface area contributed by atoms with E-state index in [0.29, 0.717) is 16.0 Å². The molecule has 0 bridgehead atoms. The van der Waals surface area contributed by atoms with Crippen LogP contribution in [-0.4, -0.2) is 9.55 Å². The Bertz CT molecular complexity index is 770. The van der Waals surface area contributed by atoms with Gasteiger partial charge in [0.05, 0.1) is 26.6 Å². The SMILES string of the molecule is CC(C)Cn1c(-c2c(Cl)cccc2Cl)nc2ccccc21. The molecule has 2 aromatic carbocycles. The van der Waals surface area contributed by atoms with E-state index in [-0.39, 0.29) is 0 Å². The minimum atomic E-state index is 0.502. The van der Waals surface area contributed by atoms with Crippen molar-refractivity contribution in [1.82, 2.24) is 9.55 Å². The van der Waals surface area contributed by atoms with E-state index in [1.165, 1.54) is 0 Å². The number of halogens is 2. The van der Waals surface area contributed by atoms with Crippen molar-refractivity contribution in [1.29, 1.82) is 0 Å². The number of nitrogens with zero attached hydrogens (tertiary/aromatic N) is 2. The van der Waals surface area contributed by atoms with Gasteiger partial charge in [0.1, 0.15) is 5.82 Å². The zero-order chi connectivity index (χ0) is 15.0. The van der Waals surface area contributed by atoms with Crippen LogP contribution >= 0.6 is 23.2 Å². The maximum absolute atomic E-state index is 6.36. The minimum absolute atomic E-state index is 0.502. The molecule has 3 aromatic rings. The highest BCUT2D eigenvalue weighted by Crippen LogP contribution is 2.36. The van der Waals surface area contributed by atoms with Crippen molar-refractivity contribution in [2.45, 2.75) is 20.4 Å². The van der Waals surface area contributed by atoms with Crippen LogP contribution in [0, 0.1) is 5.92 Å². The molecule has 0 amide bonds. The molecule has 1 aromatic heterocycles. The van der Waals surface area contributed by atoms with Gasteiger partial charge in [-0.15, -0.1) is 0 Å². The molecule has 0 saturated carbocycles. The highest BCUT2D eigenvalue weighted by atomic mass is 35.5. The van der Waals surface area contributed by atoms with Crippen LogP contribution in [0.5, 0.6) is 0 Å². The van der Waals surface area contributed by atoms with Gasteiger partial charge in [-0.1, -0.05) is 55.2 Å². The summed E-state index contributed by atoms with van der Waals surface area (Å²) >= 11 is 12.7. The molecule has 0 fully saturated rings. The number of benzene rings is 2. The van der Waals surface area contributed by atoms with Crippen LogP contribution < -0.4 is 0 Å². The standard InChI is InChI=1S/C17H16Cl2N2/c1-11(2)10-21-15-9-4-3-8-14(15)20-17(21)16-12(18)6-5-7-13(16)19/h3-9,11H,10H2,1-2H3. The molecule has 108 valence electrons. The number of rotatable bonds is 3. The molecule has 0 saturated heterocycles. The van der Waals surface area contributed by atoms with Gasteiger partial charge in [-0.25, -0.2) is 4.98 Å². The molecule has 0 N–H and O–H groups in total. The first-order chi connectivity index (χ1) is 10.1. The zero-order valence-electron chi connectivity index (χ0n) is 12.0. The molecule has 2 nitrogen and oxygen atoms in total. The van der Waals surface area contributed by atoms with E-state index in [1.807, 2.05) is 36.4 Å². The van der Waals surface area contributed by atoms with Crippen molar-refractivity contribution >= 4 is 34.2 Å². The van der Waals surface area contributed by atoms with Gasteiger partial charge in [-0.05, 0) is 30.2 Å². The van der Waals surface area contributed by atoms with E-state index in [2.05, 4.69) is 24.5 Å². The van der Waals surface area contributed by atoms with Crippen LogP contribution in [-0.2, 0) is 6.54 Å². The van der Waals surface area contributed by atoms with Crippen LogP contribution in [0.3, 0.4) is 0 Å². The molecular formula is C17H16Cl2N2. The first-order valence-corrected chi connectivity index (χ1v) is 7.73. The largest absolute Gasteiger partial charge is 0.324 e. The Morgan fingerprint density at radius 2 is 1.67 bits per heavy atom. The lowest BCUT2D eigenvalue weighted by Gasteiger charge is -2.13. The summed E-state index contributed by atoms with van der Waals surface area (Å²) in [6, 6.07) is 13.7. The summed E-state index contributed by atoms with van der Waals surface area (Å²) in [6.07, 6.45) is 0. The summed E-state index contributed by atoms with van der Waals surface area (Å²) in [5.41, 5.74) is 2.87. The predicted octanol–water partition coefficient (Wildman–Crippen LogP) is 5.67. The predicted molar refractivity (Wildman–Crippen MR) is 90.0 cm³/mol. The van der Waals surface area contributed by atoms with Gasteiger partial charge >= 0.3 is 0 Å². The topological polar surface area (TPSA) is 17.8 Å². The average Bonchev–Trinajstić information content (AvgIpc) is 2.77. The summed E-state index contributed by atoms with van der Waals surface area (Å²) < 4.78 is 2.20. The van der Waals surface area contributed by atoms with Gasteiger partial charge in [-0.3, -0.25) is 0 Å². The Labute approximate surface area is 134 Å². The third kappa shape index (κ3) is 2.66. The smallest absolute Gasteiger partial charge is 0.144 e. The normalized spacial score (nSPS) is 11.5. The summed E-state index contributed by atoms with van der Waals surface area (Å²) in [5, 5.41) is 1.26. The van der Waals surface area contributed by atoms with Gasteiger partial charge in [0, 0.05) is 6.54 Å². The van der Waals surface area contributed by atoms with Crippen LogP contribution in [0.2, 0.25) is 10.0 Å². The number of para-hydroxylation sites is 2. The number of hydrogen-bond donors (Lipinski definition) is 0. The lowest BCUT2D eigenvalue weighted by Crippen LogP contribution is -2.06. The molecule has 0 aliphatic rings. The number of fused-ring (bicyclic) bond motifs is 1. The molecule has 4 heteroatoms. The zero-order valence-corrected chi connectivity index (χ0v) is 13.5. The van der Waals surface area contributed by atoms with Crippen molar-refractivity contribution in [3.63, 3.8) is 0 Å². The second kappa shape index (κ2) is 5.70. The van der Waals surface area contributed by atoms with E-state index in [9.17, 15) is 0 Å². The fourth-order valence-corrected chi connectivity index (χ4v) is 3.09. The van der Waals surface area contributed by atoms with Gasteiger partial charge in [0.2, 0.25) is 0 Å². The summed E-state index contributed by atoms with van der Waals surface area (Å²) in [4.78, 5) is 4.75. The minimum Gasteiger partial charge on any atom is -0.324 e. The Morgan fingerprint density at radius 1 is 1.00 bits per heavy atom.